The number of nitrogens with one attached hydrogen (secondary N) is 1. The van der Waals surface area contributed by atoms with Gasteiger partial charge in [0, 0.05) is 27.7 Å². The summed E-state index contributed by atoms with van der Waals surface area (Å²) in [7, 11) is 0. The Morgan fingerprint density at radius 1 is 1.41 bits per heavy atom. The highest BCUT2D eigenvalue weighted by Crippen LogP contribution is 2.45. The average Bonchev–Trinajstić information content (AvgIpc) is 2.56. The van der Waals surface area contributed by atoms with E-state index in [-0.39, 0.29) is 0 Å². The van der Waals surface area contributed by atoms with E-state index in [0.717, 1.165) is 10.6 Å². The van der Waals surface area contributed by atoms with Crippen LogP contribution in [0.4, 0.5) is 4.79 Å². The van der Waals surface area contributed by atoms with E-state index in [2.05, 4.69) is 5.32 Å². The van der Waals surface area contributed by atoms with Crippen LogP contribution in [0.2, 0.25) is 5.02 Å². The lowest BCUT2D eigenvalue weighted by molar-refractivity contribution is -0.132. The third kappa shape index (κ3) is 1.53. The molecule has 0 saturated carbocycles. The quantitative estimate of drug-likeness (QED) is 0.785. The van der Waals surface area contributed by atoms with Crippen LogP contribution in [0.25, 0.3) is 0 Å². The Balaban J connectivity index is 2.19. The number of halogens is 1. The summed E-state index contributed by atoms with van der Waals surface area (Å²) in [5.41, 5.74) is -0.493. The van der Waals surface area contributed by atoms with Crippen molar-refractivity contribution in [1.82, 2.24) is 5.32 Å². The Kier molecular flexibility index (Phi) is 2.34. The van der Waals surface area contributed by atoms with Crippen LogP contribution in [-0.4, -0.2) is 17.8 Å². The lowest BCUT2D eigenvalue weighted by Crippen LogP contribution is -2.39. The van der Waals surface area contributed by atoms with Crippen LogP contribution in [0, 0.1) is 0 Å². The van der Waals surface area contributed by atoms with E-state index >= 15 is 0 Å². The Bertz CT molecular complexity index is 533. The number of fused-ring (bicyclic) bond motifs is 2. The molecule has 1 saturated heterocycles. The first-order valence-corrected chi connectivity index (χ1v) is 6.45. The number of hydrogen-bond donors (Lipinski definition) is 1. The summed E-state index contributed by atoms with van der Waals surface area (Å²) in [5.74, 6) is 0.335. The number of ether oxygens (including phenoxy) is 1. The van der Waals surface area contributed by atoms with Crippen molar-refractivity contribution in [3.63, 3.8) is 0 Å². The summed E-state index contributed by atoms with van der Waals surface area (Å²) in [6, 6.07) is 5.31. The number of imide groups is 1. The van der Waals surface area contributed by atoms with Crippen molar-refractivity contribution in [3.05, 3.63) is 28.8 Å². The molecule has 1 atom stereocenters. The van der Waals surface area contributed by atoms with Crippen molar-refractivity contribution in [2.75, 3.05) is 5.75 Å². The van der Waals surface area contributed by atoms with Crippen LogP contribution in [0.15, 0.2) is 23.1 Å². The van der Waals surface area contributed by atoms with E-state index in [4.69, 9.17) is 16.3 Å². The third-order valence-corrected chi connectivity index (χ3v) is 4.25. The molecule has 4 nitrogen and oxygen atoms in total. The maximum absolute atomic E-state index is 11.9. The molecule has 2 amide bonds. The van der Waals surface area contributed by atoms with Gasteiger partial charge in [-0.2, -0.15) is 0 Å². The number of thioether (sulfide) groups is 1. The van der Waals surface area contributed by atoms with E-state index in [1.165, 1.54) is 0 Å². The molecule has 0 aliphatic carbocycles. The Hall–Kier alpha value is -1.20. The number of hydrogen-bond acceptors (Lipinski definition) is 4. The smallest absolute Gasteiger partial charge is 0.415 e. The predicted octanol–water partition coefficient (Wildman–Crippen LogP) is 2.30. The van der Waals surface area contributed by atoms with Crippen molar-refractivity contribution < 1.29 is 14.3 Å². The number of alkyl carbamates (subject to hydrolysis) is 1. The van der Waals surface area contributed by atoms with Crippen molar-refractivity contribution in [2.45, 2.75) is 16.9 Å². The minimum Gasteiger partial charge on any atom is -0.427 e. The van der Waals surface area contributed by atoms with Gasteiger partial charge in [-0.05, 0) is 18.2 Å². The van der Waals surface area contributed by atoms with Crippen molar-refractivity contribution in [2.24, 2.45) is 0 Å². The van der Waals surface area contributed by atoms with Gasteiger partial charge < -0.3 is 4.74 Å². The second-order valence-corrected chi connectivity index (χ2v) is 5.48. The largest absolute Gasteiger partial charge is 0.427 e. The van der Waals surface area contributed by atoms with Gasteiger partial charge >= 0.3 is 6.09 Å². The molecule has 0 bridgehead atoms. The highest BCUT2D eigenvalue weighted by molar-refractivity contribution is 7.99. The van der Waals surface area contributed by atoms with Gasteiger partial charge in [0.05, 0.1) is 0 Å². The second kappa shape index (κ2) is 3.65. The summed E-state index contributed by atoms with van der Waals surface area (Å²) in [6.45, 7) is 0. The van der Waals surface area contributed by atoms with Crippen molar-refractivity contribution >= 4 is 35.4 Å². The molecule has 1 fully saturated rings. The predicted molar refractivity (Wildman–Crippen MR) is 63.1 cm³/mol. The molecule has 3 rings (SSSR count). The van der Waals surface area contributed by atoms with E-state index in [9.17, 15) is 9.59 Å². The van der Waals surface area contributed by atoms with Crippen LogP contribution in [0.5, 0.6) is 0 Å². The number of rotatable bonds is 0. The fourth-order valence-electron chi connectivity index (χ4n) is 2.15. The molecule has 88 valence electrons. The standard InChI is InChI=1S/C11H8ClNO3S/c12-6-1-2-8-7(5-6)11(3-4-17-8)9(14)13-10(15)16-11/h1-2,5H,3-4H2,(H,13,14,15). The molecule has 6 heteroatoms. The molecule has 0 aromatic heterocycles. The van der Waals surface area contributed by atoms with Crippen LogP contribution >= 0.6 is 23.4 Å². The second-order valence-electron chi connectivity index (χ2n) is 3.91. The topological polar surface area (TPSA) is 55.4 Å². The molecule has 1 N–H and O–H groups in total. The molecule has 1 spiro atoms. The summed E-state index contributed by atoms with van der Waals surface area (Å²) in [5, 5.41) is 2.71. The average molecular weight is 270 g/mol. The molecule has 2 heterocycles. The zero-order chi connectivity index (χ0) is 12.0. The SMILES string of the molecule is O=C1NC(=O)C2(CCSc3ccc(Cl)cc32)O1. The first kappa shape index (κ1) is 10.9. The van der Waals surface area contributed by atoms with Gasteiger partial charge in [0.1, 0.15) is 0 Å². The molecule has 2 aliphatic heterocycles. The zero-order valence-electron chi connectivity index (χ0n) is 8.66. The number of carbonyl (C=O) groups is 2. The maximum atomic E-state index is 11.9. The highest BCUT2D eigenvalue weighted by atomic mass is 35.5. The molecule has 1 unspecified atom stereocenters. The Morgan fingerprint density at radius 2 is 2.24 bits per heavy atom. The van der Waals surface area contributed by atoms with Gasteiger partial charge in [-0.15, -0.1) is 11.8 Å². The van der Waals surface area contributed by atoms with Gasteiger partial charge in [0.15, 0.2) is 0 Å². The minimum absolute atomic E-state index is 0.397. The molecule has 1 aromatic carbocycles. The van der Waals surface area contributed by atoms with E-state index in [1.807, 2.05) is 6.07 Å². The number of amides is 2. The fraction of sp³-hybridized carbons (Fsp3) is 0.273. The first-order chi connectivity index (χ1) is 8.12. The van der Waals surface area contributed by atoms with Crippen molar-refractivity contribution in [3.8, 4) is 0 Å². The molecule has 17 heavy (non-hydrogen) atoms. The summed E-state index contributed by atoms with van der Waals surface area (Å²) >= 11 is 7.57. The van der Waals surface area contributed by atoms with Crippen LogP contribution in [0.3, 0.4) is 0 Å². The number of carbonyl (C=O) groups excluding carboxylic acids is 2. The fourth-order valence-corrected chi connectivity index (χ4v) is 3.47. The van der Waals surface area contributed by atoms with Crippen LogP contribution in [-0.2, 0) is 15.1 Å². The molecule has 1 aromatic rings. The van der Waals surface area contributed by atoms with Gasteiger partial charge in [-0.1, -0.05) is 11.6 Å². The minimum atomic E-state index is -1.18. The highest BCUT2D eigenvalue weighted by Gasteiger charge is 2.52. The first-order valence-electron chi connectivity index (χ1n) is 5.09. The van der Waals surface area contributed by atoms with Crippen molar-refractivity contribution in [1.29, 1.82) is 0 Å². The monoisotopic (exact) mass is 269 g/mol. The van der Waals surface area contributed by atoms with E-state index in [1.54, 1.807) is 23.9 Å². The summed E-state index contributed by atoms with van der Waals surface area (Å²) < 4.78 is 5.21. The summed E-state index contributed by atoms with van der Waals surface area (Å²) in [6.07, 6.45) is -0.212. The normalized spacial score (nSPS) is 26.6. The number of benzene rings is 1. The lowest BCUT2D eigenvalue weighted by Gasteiger charge is -2.30. The molecule has 0 radical (unpaired) electrons. The molecular formula is C11H8ClNO3S. The van der Waals surface area contributed by atoms with E-state index < -0.39 is 17.6 Å². The van der Waals surface area contributed by atoms with Gasteiger partial charge in [0.2, 0.25) is 5.60 Å². The van der Waals surface area contributed by atoms with Crippen LogP contribution in [0.1, 0.15) is 12.0 Å². The lowest BCUT2D eigenvalue weighted by atomic mass is 9.90. The molecule has 2 aliphatic rings. The van der Waals surface area contributed by atoms with Crippen LogP contribution < -0.4 is 5.32 Å². The van der Waals surface area contributed by atoms with E-state index in [0.29, 0.717) is 17.0 Å². The van der Waals surface area contributed by atoms with Gasteiger partial charge in [0.25, 0.3) is 5.91 Å². The third-order valence-electron chi connectivity index (χ3n) is 2.94. The summed E-state index contributed by atoms with van der Waals surface area (Å²) in [4.78, 5) is 24.1. The van der Waals surface area contributed by atoms with Gasteiger partial charge in [-0.25, -0.2) is 4.79 Å². The molecular weight excluding hydrogens is 262 g/mol. The Labute approximate surface area is 107 Å². The van der Waals surface area contributed by atoms with Gasteiger partial charge in [-0.3, -0.25) is 10.1 Å². The zero-order valence-corrected chi connectivity index (χ0v) is 10.2. The maximum Gasteiger partial charge on any atom is 0.415 e. The Morgan fingerprint density at radius 3 is 2.94 bits per heavy atom.